The van der Waals surface area contributed by atoms with Gasteiger partial charge in [0.1, 0.15) is 10.0 Å². The first-order valence-electron chi connectivity index (χ1n) is 14.1. The SMILES string of the molecule is c1ccc2cc3cc(-c4cnc(-c5ccc(-c6ncc(-c7ccc8cc9ccccc9cc8c7)s6)s5)s4)ccc3cc2c1. The second-order valence-corrected chi connectivity index (χ2v) is 13.9. The summed E-state index contributed by atoms with van der Waals surface area (Å²) in [5.41, 5.74) is 2.41. The van der Waals surface area contributed by atoms with E-state index in [0.717, 1.165) is 10.0 Å². The maximum atomic E-state index is 4.82. The smallest absolute Gasteiger partial charge is 0.133 e. The molecule has 0 amide bonds. The second-order valence-electron chi connectivity index (χ2n) is 10.7. The average Bonchev–Trinajstić information content (AvgIpc) is 3.83. The van der Waals surface area contributed by atoms with Crippen molar-refractivity contribution in [3.8, 4) is 40.7 Å². The predicted molar refractivity (Wildman–Crippen MR) is 187 cm³/mol. The van der Waals surface area contributed by atoms with Crippen LogP contribution in [0.1, 0.15) is 0 Å². The van der Waals surface area contributed by atoms with E-state index < -0.39 is 0 Å². The highest BCUT2D eigenvalue weighted by Crippen LogP contribution is 2.42. The molecule has 3 heterocycles. The highest BCUT2D eigenvalue weighted by molar-refractivity contribution is 7.27. The molecular formula is C38H22N2S3. The molecule has 0 saturated carbocycles. The molecule has 3 aromatic heterocycles. The van der Waals surface area contributed by atoms with Crippen LogP contribution in [0.4, 0.5) is 0 Å². The standard InChI is InChI=1S/C38H22N2S3/c1-3-7-25-17-31-19-29(11-9-27(31)15-23(25)5-1)35-21-39-37(42-35)33-13-14-34(41-33)38-40-22-36(43-38)30-12-10-28-16-24-6-2-4-8-26(24)18-32(28)20-30/h1-22H. The summed E-state index contributed by atoms with van der Waals surface area (Å²) in [5, 5.41) is 12.2. The van der Waals surface area contributed by atoms with Gasteiger partial charge in [-0.15, -0.1) is 34.0 Å². The van der Waals surface area contributed by atoms with E-state index in [1.165, 1.54) is 73.7 Å². The lowest BCUT2D eigenvalue weighted by molar-refractivity contribution is 1.43. The van der Waals surface area contributed by atoms with Crippen molar-refractivity contribution in [2.45, 2.75) is 0 Å². The zero-order valence-corrected chi connectivity index (χ0v) is 25.3. The molecule has 9 rings (SSSR count). The lowest BCUT2D eigenvalue weighted by Crippen LogP contribution is -1.78. The molecule has 0 atom stereocenters. The van der Waals surface area contributed by atoms with Crippen molar-refractivity contribution >= 4 is 77.1 Å². The fourth-order valence-electron chi connectivity index (χ4n) is 5.80. The van der Waals surface area contributed by atoms with Gasteiger partial charge in [-0.25, -0.2) is 9.97 Å². The summed E-state index contributed by atoms with van der Waals surface area (Å²) >= 11 is 5.25. The van der Waals surface area contributed by atoms with Crippen molar-refractivity contribution < 1.29 is 0 Å². The third-order valence-corrected chi connectivity index (χ3v) is 11.5. The molecule has 202 valence electrons. The number of thiazole rings is 2. The van der Waals surface area contributed by atoms with Crippen LogP contribution in [-0.2, 0) is 0 Å². The Morgan fingerprint density at radius 2 is 0.721 bits per heavy atom. The van der Waals surface area contributed by atoms with Crippen LogP contribution in [0.15, 0.2) is 134 Å². The number of nitrogens with zero attached hydrogens (tertiary/aromatic N) is 2. The molecule has 0 aliphatic rings. The predicted octanol–water partition coefficient (Wildman–Crippen LogP) is 11.9. The number of aromatic nitrogens is 2. The summed E-state index contributed by atoms with van der Waals surface area (Å²) < 4.78 is 0. The average molecular weight is 603 g/mol. The van der Waals surface area contributed by atoms with Crippen LogP contribution >= 0.6 is 34.0 Å². The second kappa shape index (κ2) is 9.96. The van der Waals surface area contributed by atoms with Crippen LogP contribution in [0.5, 0.6) is 0 Å². The third-order valence-electron chi connectivity index (χ3n) is 8.02. The number of thiophene rings is 1. The highest BCUT2D eigenvalue weighted by Gasteiger charge is 2.14. The minimum Gasteiger partial charge on any atom is -0.243 e. The number of hydrogen-bond donors (Lipinski definition) is 0. The van der Waals surface area contributed by atoms with Crippen molar-refractivity contribution in [3.05, 3.63) is 134 Å². The van der Waals surface area contributed by atoms with Crippen molar-refractivity contribution in [3.63, 3.8) is 0 Å². The van der Waals surface area contributed by atoms with Gasteiger partial charge in [-0.3, -0.25) is 0 Å². The van der Waals surface area contributed by atoms with E-state index in [0.29, 0.717) is 0 Å². The monoisotopic (exact) mass is 602 g/mol. The van der Waals surface area contributed by atoms with E-state index in [9.17, 15) is 0 Å². The highest BCUT2D eigenvalue weighted by atomic mass is 32.1. The molecule has 5 heteroatoms. The Morgan fingerprint density at radius 3 is 1.16 bits per heavy atom. The van der Waals surface area contributed by atoms with E-state index in [4.69, 9.17) is 9.97 Å². The van der Waals surface area contributed by atoms with Crippen molar-refractivity contribution in [1.29, 1.82) is 0 Å². The Morgan fingerprint density at radius 1 is 0.326 bits per heavy atom. The molecule has 0 spiro atoms. The van der Waals surface area contributed by atoms with E-state index >= 15 is 0 Å². The zero-order valence-electron chi connectivity index (χ0n) is 22.8. The van der Waals surface area contributed by atoms with Gasteiger partial charge in [0.25, 0.3) is 0 Å². The molecule has 0 aliphatic heterocycles. The molecule has 0 unspecified atom stereocenters. The van der Waals surface area contributed by atoms with Gasteiger partial charge in [0.15, 0.2) is 0 Å². The molecule has 0 fully saturated rings. The fourth-order valence-corrected chi connectivity index (χ4v) is 8.75. The maximum Gasteiger partial charge on any atom is 0.133 e. The zero-order chi connectivity index (χ0) is 28.3. The fraction of sp³-hybridized carbons (Fsp3) is 0. The Hall–Kier alpha value is -4.68. The third kappa shape index (κ3) is 4.45. The Labute approximate surface area is 260 Å². The van der Waals surface area contributed by atoms with Gasteiger partial charge in [-0.05, 0) is 103 Å². The molecule has 2 nitrogen and oxygen atoms in total. The van der Waals surface area contributed by atoms with E-state index in [2.05, 4.69) is 121 Å². The molecule has 9 aromatic rings. The lowest BCUT2D eigenvalue weighted by Gasteiger charge is -2.04. The van der Waals surface area contributed by atoms with Gasteiger partial charge in [0, 0.05) is 12.4 Å². The molecule has 43 heavy (non-hydrogen) atoms. The summed E-state index contributed by atoms with van der Waals surface area (Å²) in [5.74, 6) is 0. The van der Waals surface area contributed by atoms with Crippen LogP contribution in [0, 0.1) is 0 Å². The number of benzene rings is 6. The Balaban J connectivity index is 0.995. The van der Waals surface area contributed by atoms with E-state index in [-0.39, 0.29) is 0 Å². The lowest BCUT2D eigenvalue weighted by atomic mass is 10.0. The normalized spacial score (nSPS) is 11.7. The van der Waals surface area contributed by atoms with Crippen molar-refractivity contribution in [2.75, 3.05) is 0 Å². The first kappa shape index (κ1) is 24.9. The van der Waals surface area contributed by atoms with Crippen molar-refractivity contribution in [1.82, 2.24) is 9.97 Å². The van der Waals surface area contributed by atoms with Gasteiger partial charge < -0.3 is 0 Å². The van der Waals surface area contributed by atoms with Gasteiger partial charge in [0.2, 0.25) is 0 Å². The van der Waals surface area contributed by atoms with Crippen molar-refractivity contribution in [2.24, 2.45) is 0 Å². The summed E-state index contributed by atoms with van der Waals surface area (Å²) in [6, 6.07) is 44.0. The molecule has 0 aliphatic carbocycles. The molecule has 0 N–H and O–H groups in total. The maximum absolute atomic E-state index is 4.82. The van der Waals surface area contributed by atoms with Gasteiger partial charge in [-0.1, -0.05) is 72.8 Å². The molecule has 0 bridgehead atoms. The number of fused-ring (bicyclic) bond motifs is 4. The molecule has 6 aromatic carbocycles. The molecule has 0 radical (unpaired) electrons. The van der Waals surface area contributed by atoms with Crippen LogP contribution in [0.2, 0.25) is 0 Å². The largest absolute Gasteiger partial charge is 0.243 e. The van der Waals surface area contributed by atoms with Crippen LogP contribution < -0.4 is 0 Å². The first-order chi connectivity index (χ1) is 21.2. The van der Waals surface area contributed by atoms with Crippen LogP contribution in [-0.4, -0.2) is 9.97 Å². The minimum absolute atomic E-state index is 1.04. The molecule has 0 saturated heterocycles. The first-order valence-corrected chi connectivity index (χ1v) is 16.6. The van der Waals surface area contributed by atoms with Crippen LogP contribution in [0.3, 0.4) is 0 Å². The summed E-state index contributed by atoms with van der Waals surface area (Å²) in [4.78, 5) is 14.3. The Kier molecular flexibility index (Phi) is 5.76. The van der Waals surface area contributed by atoms with Gasteiger partial charge >= 0.3 is 0 Å². The summed E-state index contributed by atoms with van der Waals surface area (Å²) in [6.45, 7) is 0. The minimum atomic E-state index is 1.04. The topological polar surface area (TPSA) is 25.8 Å². The molecular weight excluding hydrogens is 581 g/mol. The summed E-state index contributed by atoms with van der Waals surface area (Å²) in [7, 11) is 0. The van der Waals surface area contributed by atoms with E-state index in [1.807, 2.05) is 12.4 Å². The van der Waals surface area contributed by atoms with Gasteiger partial charge in [-0.2, -0.15) is 0 Å². The number of rotatable bonds is 4. The van der Waals surface area contributed by atoms with E-state index in [1.54, 1.807) is 34.0 Å². The Bertz CT molecular complexity index is 2310. The van der Waals surface area contributed by atoms with Crippen LogP contribution in [0.25, 0.3) is 83.7 Å². The summed E-state index contributed by atoms with van der Waals surface area (Å²) in [6.07, 6.45) is 4.01. The number of hydrogen-bond acceptors (Lipinski definition) is 5. The quantitative estimate of drug-likeness (QED) is 0.187. The van der Waals surface area contributed by atoms with Gasteiger partial charge in [0.05, 0.1) is 19.5 Å².